The number of nitrogens with one attached hydrogen (secondary N) is 1. The zero-order valence-corrected chi connectivity index (χ0v) is 12.2. The zero-order chi connectivity index (χ0) is 17.5. The Morgan fingerprint density at radius 3 is 2.54 bits per heavy atom. The van der Waals surface area contributed by atoms with E-state index in [1.54, 1.807) is 0 Å². The smallest absolute Gasteiger partial charge is 0.417 e. The summed E-state index contributed by atoms with van der Waals surface area (Å²) in [5.41, 5.74) is 0.0678. The summed E-state index contributed by atoms with van der Waals surface area (Å²) >= 11 is 0. The first-order chi connectivity index (χ1) is 11.3. The number of aromatic hydroxyl groups is 1. The fourth-order valence-electron chi connectivity index (χ4n) is 2.76. The van der Waals surface area contributed by atoms with E-state index in [1.165, 1.54) is 36.5 Å². The number of rotatable bonds is 3. The molecule has 1 heterocycles. The van der Waals surface area contributed by atoms with E-state index in [1.807, 2.05) is 0 Å². The van der Waals surface area contributed by atoms with Crippen molar-refractivity contribution in [1.29, 1.82) is 0 Å². The van der Waals surface area contributed by atoms with Crippen LogP contribution in [0.2, 0.25) is 0 Å². The lowest BCUT2D eigenvalue weighted by molar-refractivity contribution is -0.137. The SMILES string of the molecule is O=C(O)Cc1c[nH]c2cc(-c3ccccc3C(F)(F)F)cc(O)c12. The van der Waals surface area contributed by atoms with Gasteiger partial charge in [-0.2, -0.15) is 13.2 Å². The van der Waals surface area contributed by atoms with Crippen LogP contribution in [0.3, 0.4) is 0 Å². The first kappa shape index (κ1) is 15.9. The number of H-pyrrole nitrogens is 1. The molecule has 0 aliphatic rings. The molecule has 2 aromatic carbocycles. The van der Waals surface area contributed by atoms with E-state index in [-0.39, 0.29) is 23.3 Å². The number of benzene rings is 2. The summed E-state index contributed by atoms with van der Waals surface area (Å²) < 4.78 is 39.5. The number of phenols is 1. The Kier molecular flexibility index (Phi) is 3.71. The molecule has 3 N–H and O–H groups in total. The van der Waals surface area contributed by atoms with E-state index < -0.39 is 17.7 Å². The van der Waals surface area contributed by atoms with Gasteiger partial charge in [0, 0.05) is 11.6 Å². The Hall–Kier alpha value is -2.96. The molecule has 0 fully saturated rings. The predicted molar refractivity (Wildman–Crippen MR) is 81.7 cm³/mol. The normalized spacial score (nSPS) is 11.8. The average Bonchev–Trinajstić information content (AvgIpc) is 2.89. The Labute approximate surface area is 134 Å². The molecule has 0 spiro atoms. The number of carbonyl (C=O) groups is 1. The number of fused-ring (bicyclic) bond motifs is 1. The molecule has 3 aromatic rings. The third-order valence-corrected chi connectivity index (χ3v) is 3.73. The molecular weight excluding hydrogens is 323 g/mol. The van der Waals surface area contributed by atoms with Gasteiger partial charge in [-0.15, -0.1) is 0 Å². The lowest BCUT2D eigenvalue weighted by Crippen LogP contribution is -2.06. The summed E-state index contributed by atoms with van der Waals surface area (Å²) in [6.45, 7) is 0. The van der Waals surface area contributed by atoms with Crippen LogP contribution < -0.4 is 0 Å². The van der Waals surface area contributed by atoms with Crippen molar-refractivity contribution in [1.82, 2.24) is 4.98 Å². The summed E-state index contributed by atoms with van der Waals surface area (Å²) in [6.07, 6.45) is -3.39. The summed E-state index contributed by atoms with van der Waals surface area (Å²) in [5.74, 6) is -1.33. The third-order valence-electron chi connectivity index (χ3n) is 3.73. The first-order valence-corrected chi connectivity index (χ1v) is 6.98. The van der Waals surface area contributed by atoms with Crippen molar-refractivity contribution in [2.75, 3.05) is 0 Å². The highest BCUT2D eigenvalue weighted by Crippen LogP contribution is 2.40. The highest BCUT2D eigenvalue weighted by atomic mass is 19.4. The number of carboxylic acids is 1. The third kappa shape index (κ3) is 2.80. The molecule has 0 saturated heterocycles. The van der Waals surface area contributed by atoms with Gasteiger partial charge in [0.1, 0.15) is 5.75 Å². The molecule has 7 heteroatoms. The molecular formula is C17H12F3NO3. The van der Waals surface area contributed by atoms with Gasteiger partial charge >= 0.3 is 12.1 Å². The minimum Gasteiger partial charge on any atom is -0.507 e. The van der Waals surface area contributed by atoms with Gasteiger partial charge in [0.25, 0.3) is 0 Å². The van der Waals surface area contributed by atoms with Crippen molar-refractivity contribution in [2.45, 2.75) is 12.6 Å². The quantitative estimate of drug-likeness (QED) is 0.672. The number of alkyl halides is 3. The second-order valence-electron chi connectivity index (χ2n) is 5.35. The van der Waals surface area contributed by atoms with E-state index in [2.05, 4.69) is 4.98 Å². The van der Waals surface area contributed by atoms with Crippen molar-refractivity contribution in [3.63, 3.8) is 0 Å². The van der Waals surface area contributed by atoms with Gasteiger partial charge in [-0.1, -0.05) is 18.2 Å². The molecule has 1 aromatic heterocycles. The van der Waals surface area contributed by atoms with Crippen LogP contribution >= 0.6 is 0 Å². The molecule has 124 valence electrons. The van der Waals surface area contributed by atoms with Gasteiger partial charge in [-0.05, 0) is 34.9 Å². The second kappa shape index (κ2) is 5.59. The Balaban J connectivity index is 2.18. The molecule has 0 unspecified atom stereocenters. The first-order valence-electron chi connectivity index (χ1n) is 6.98. The van der Waals surface area contributed by atoms with Crippen LogP contribution in [0, 0.1) is 0 Å². The van der Waals surface area contributed by atoms with Crippen molar-refractivity contribution in [2.24, 2.45) is 0 Å². The van der Waals surface area contributed by atoms with Crippen LogP contribution in [0.4, 0.5) is 13.2 Å². The number of aliphatic carboxylic acids is 1. The number of phenolic OH excluding ortho intramolecular Hbond substituents is 1. The second-order valence-corrected chi connectivity index (χ2v) is 5.35. The minimum atomic E-state index is -4.52. The summed E-state index contributed by atoms with van der Waals surface area (Å²) in [7, 11) is 0. The molecule has 3 rings (SSSR count). The Bertz CT molecular complexity index is 928. The molecule has 0 aliphatic heterocycles. The number of carboxylic acid groups (broad SMARTS) is 1. The number of hydrogen-bond acceptors (Lipinski definition) is 2. The predicted octanol–water partition coefficient (Wildman–Crippen LogP) is 4.19. The summed E-state index contributed by atoms with van der Waals surface area (Å²) in [6, 6.07) is 7.75. The van der Waals surface area contributed by atoms with Crippen LogP contribution in [-0.4, -0.2) is 21.2 Å². The van der Waals surface area contributed by atoms with E-state index in [0.29, 0.717) is 16.5 Å². The molecule has 24 heavy (non-hydrogen) atoms. The van der Waals surface area contributed by atoms with Crippen LogP contribution in [0.5, 0.6) is 5.75 Å². The van der Waals surface area contributed by atoms with Crippen LogP contribution in [0.25, 0.3) is 22.0 Å². The van der Waals surface area contributed by atoms with E-state index >= 15 is 0 Å². The van der Waals surface area contributed by atoms with Crippen molar-refractivity contribution in [3.8, 4) is 16.9 Å². The highest BCUT2D eigenvalue weighted by molar-refractivity contribution is 5.95. The Morgan fingerprint density at radius 2 is 1.88 bits per heavy atom. The van der Waals surface area contributed by atoms with Gasteiger partial charge < -0.3 is 15.2 Å². The maximum absolute atomic E-state index is 13.2. The van der Waals surface area contributed by atoms with Crippen molar-refractivity contribution in [3.05, 3.63) is 53.7 Å². The summed E-state index contributed by atoms with van der Waals surface area (Å²) in [5, 5.41) is 19.4. The molecule has 0 saturated carbocycles. The van der Waals surface area contributed by atoms with Gasteiger partial charge in [-0.25, -0.2) is 0 Å². The molecule has 0 radical (unpaired) electrons. The van der Waals surface area contributed by atoms with Crippen LogP contribution in [-0.2, 0) is 17.4 Å². The largest absolute Gasteiger partial charge is 0.507 e. The monoisotopic (exact) mass is 335 g/mol. The van der Waals surface area contributed by atoms with Crippen LogP contribution in [0.1, 0.15) is 11.1 Å². The van der Waals surface area contributed by atoms with E-state index in [0.717, 1.165) is 6.07 Å². The topological polar surface area (TPSA) is 73.3 Å². The fourth-order valence-corrected chi connectivity index (χ4v) is 2.76. The average molecular weight is 335 g/mol. The van der Waals surface area contributed by atoms with Crippen molar-refractivity contribution < 1.29 is 28.2 Å². The standard InChI is InChI=1S/C17H12F3NO3/c18-17(19,20)12-4-2-1-3-11(12)9-5-13-16(14(22)6-9)10(8-21-13)7-15(23)24/h1-6,8,21-22H,7H2,(H,23,24). The van der Waals surface area contributed by atoms with E-state index in [4.69, 9.17) is 5.11 Å². The molecule has 0 aliphatic carbocycles. The number of halogens is 3. The number of hydrogen-bond donors (Lipinski definition) is 3. The van der Waals surface area contributed by atoms with Gasteiger partial charge in [0.05, 0.1) is 17.5 Å². The van der Waals surface area contributed by atoms with Crippen molar-refractivity contribution >= 4 is 16.9 Å². The molecule has 0 bridgehead atoms. The van der Waals surface area contributed by atoms with Gasteiger partial charge in [-0.3, -0.25) is 4.79 Å². The number of aromatic nitrogens is 1. The highest BCUT2D eigenvalue weighted by Gasteiger charge is 2.33. The Morgan fingerprint density at radius 1 is 1.17 bits per heavy atom. The maximum Gasteiger partial charge on any atom is 0.417 e. The summed E-state index contributed by atoms with van der Waals surface area (Å²) in [4.78, 5) is 13.6. The minimum absolute atomic E-state index is 0.0587. The zero-order valence-electron chi connectivity index (χ0n) is 12.2. The van der Waals surface area contributed by atoms with Crippen LogP contribution in [0.15, 0.2) is 42.6 Å². The van der Waals surface area contributed by atoms with Gasteiger partial charge in [0.15, 0.2) is 0 Å². The lowest BCUT2D eigenvalue weighted by atomic mass is 9.97. The number of aromatic amines is 1. The molecule has 0 amide bonds. The molecule has 0 atom stereocenters. The fraction of sp³-hybridized carbons (Fsp3) is 0.118. The lowest BCUT2D eigenvalue weighted by Gasteiger charge is -2.13. The van der Waals surface area contributed by atoms with E-state index in [9.17, 15) is 23.1 Å². The maximum atomic E-state index is 13.2. The molecule has 4 nitrogen and oxygen atoms in total. The van der Waals surface area contributed by atoms with Gasteiger partial charge in [0.2, 0.25) is 0 Å².